The molecule has 0 aromatic heterocycles. The summed E-state index contributed by atoms with van der Waals surface area (Å²) in [5.74, 6) is -1.61. The Kier molecular flexibility index (Phi) is 4.53. The minimum Gasteiger partial charge on any atom is -0.488 e. The molecule has 1 aromatic rings. The number of aliphatic hydroxyl groups is 2. The Labute approximate surface area is 142 Å². The molecule has 128 valence electrons. The van der Waals surface area contributed by atoms with Crippen LogP contribution in [-0.2, 0) is 16.2 Å². The molecule has 0 aliphatic carbocycles. The van der Waals surface area contributed by atoms with Gasteiger partial charge in [0.05, 0.1) is 23.5 Å². The molecule has 0 bridgehead atoms. The highest BCUT2D eigenvalue weighted by Crippen LogP contribution is 2.50. The maximum Gasteiger partial charge on any atom is 0.353 e. The van der Waals surface area contributed by atoms with E-state index in [-0.39, 0.29) is 30.2 Å². The highest BCUT2D eigenvalue weighted by atomic mass is 32.2. The maximum absolute atomic E-state index is 12.1. The summed E-state index contributed by atoms with van der Waals surface area (Å²) in [4.78, 5) is 25.3. The Bertz CT molecular complexity index is 699. The van der Waals surface area contributed by atoms with Gasteiger partial charge < -0.3 is 20.1 Å². The van der Waals surface area contributed by atoms with E-state index in [4.69, 9.17) is 9.84 Å². The smallest absolute Gasteiger partial charge is 0.353 e. The van der Waals surface area contributed by atoms with Gasteiger partial charge in [0.15, 0.2) is 0 Å². The summed E-state index contributed by atoms with van der Waals surface area (Å²) in [6.45, 7) is 1.49. The predicted octanol–water partition coefficient (Wildman–Crippen LogP) is 0.766. The van der Waals surface area contributed by atoms with E-state index in [2.05, 4.69) is 0 Å². The zero-order valence-corrected chi connectivity index (χ0v) is 13.7. The number of ether oxygens (including phenoxy) is 1. The molecule has 0 spiro atoms. The summed E-state index contributed by atoms with van der Waals surface area (Å²) >= 11 is 1.24. The first-order valence-corrected chi connectivity index (χ1v) is 8.29. The summed E-state index contributed by atoms with van der Waals surface area (Å²) in [7, 11) is 0. The van der Waals surface area contributed by atoms with E-state index in [1.54, 1.807) is 24.3 Å². The minimum absolute atomic E-state index is 0.0254. The third kappa shape index (κ3) is 2.77. The van der Waals surface area contributed by atoms with Crippen LogP contribution in [0.4, 0.5) is 0 Å². The lowest BCUT2D eigenvalue weighted by Crippen LogP contribution is -2.60. The predicted molar refractivity (Wildman–Crippen MR) is 85.9 cm³/mol. The van der Waals surface area contributed by atoms with Crippen LogP contribution in [0, 0.1) is 5.92 Å². The van der Waals surface area contributed by atoms with Crippen molar-refractivity contribution < 1.29 is 29.6 Å². The standard InChI is InChI=1S/C16H17NO6S/c1-8(19)12-14(20)17-13(16(21)22)11(24-15(12)17)7-23-10-4-2-9(6-18)3-5-10/h2-5,8,12,15,18-19H,6-7H2,1H3,(H,21,22)/t8-,12+,15-/m1/s1. The number of hydrogen-bond donors (Lipinski definition) is 3. The van der Waals surface area contributed by atoms with Crippen molar-refractivity contribution in [3.05, 3.63) is 40.4 Å². The molecule has 0 saturated carbocycles. The highest BCUT2D eigenvalue weighted by Gasteiger charge is 2.57. The lowest BCUT2D eigenvalue weighted by atomic mass is 9.92. The number of thioether (sulfide) groups is 1. The summed E-state index contributed by atoms with van der Waals surface area (Å²) < 4.78 is 5.60. The van der Waals surface area contributed by atoms with Crippen LogP contribution in [0.2, 0.25) is 0 Å². The number of fused-ring (bicyclic) bond motifs is 1. The van der Waals surface area contributed by atoms with E-state index in [1.165, 1.54) is 23.6 Å². The molecule has 1 saturated heterocycles. The van der Waals surface area contributed by atoms with Gasteiger partial charge in [0.2, 0.25) is 5.91 Å². The number of amides is 1. The minimum atomic E-state index is -1.18. The first kappa shape index (κ1) is 16.8. The zero-order valence-electron chi connectivity index (χ0n) is 12.9. The third-order valence-electron chi connectivity index (χ3n) is 4.05. The van der Waals surface area contributed by atoms with Crippen molar-refractivity contribution in [3.8, 4) is 5.75 Å². The van der Waals surface area contributed by atoms with Gasteiger partial charge in [0.1, 0.15) is 23.4 Å². The van der Waals surface area contributed by atoms with Gasteiger partial charge in [-0.15, -0.1) is 0 Å². The Balaban J connectivity index is 1.74. The van der Waals surface area contributed by atoms with Crippen molar-refractivity contribution in [1.29, 1.82) is 0 Å². The number of carboxylic acid groups (broad SMARTS) is 1. The van der Waals surface area contributed by atoms with Gasteiger partial charge >= 0.3 is 5.97 Å². The molecule has 3 rings (SSSR count). The second-order valence-electron chi connectivity index (χ2n) is 5.65. The van der Waals surface area contributed by atoms with Gasteiger partial charge in [-0.2, -0.15) is 0 Å². The fourth-order valence-corrected chi connectivity index (χ4v) is 4.32. The quantitative estimate of drug-likeness (QED) is 0.650. The van der Waals surface area contributed by atoms with Crippen molar-refractivity contribution in [3.63, 3.8) is 0 Å². The van der Waals surface area contributed by atoms with Gasteiger partial charge in [-0.05, 0) is 24.6 Å². The highest BCUT2D eigenvalue weighted by molar-refractivity contribution is 8.04. The molecule has 1 aromatic carbocycles. The van der Waals surface area contributed by atoms with E-state index in [0.717, 1.165) is 5.56 Å². The van der Waals surface area contributed by atoms with Crippen molar-refractivity contribution in [2.24, 2.45) is 5.92 Å². The van der Waals surface area contributed by atoms with Gasteiger partial charge in [0, 0.05) is 0 Å². The molecular formula is C16H17NO6S. The molecule has 8 heteroatoms. The number of hydrogen-bond acceptors (Lipinski definition) is 6. The van der Waals surface area contributed by atoms with Crippen LogP contribution in [0.5, 0.6) is 5.75 Å². The van der Waals surface area contributed by atoms with Gasteiger partial charge in [-0.1, -0.05) is 23.9 Å². The molecule has 1 amide bonds. The van der Waals surface area contributed by atoms with E-state index < -0.39 is 18.0 Å². The van der Waals surface area contributed by atoms with Crippen LogP contribution in [0.1, 0.15) is 12.5 Å². The van der Waals surface area contributed by atoms with Crippen LogP contribution in [-0.4, -0.2) is 50.2 Å². The number of carbonyl (C=O) groups excluding carboxylic acids is 1. The molecule has 0 radical (unpaired) electrons. The van der Waals surface area contributed by atoms with Crippen molar-refractivity contribution in [2.45, 2.75) is 25.0 Å². The van der Waals surface area contributed by atoms with Crippen LogP contribution in [0.25, 0.3) is 0 Å². The first-order chi connectivity index (χ1) is 11.4. The summed E-state index contributed by atoms with van der Waals surface area (Å²) in [5.41, 5.74) is 0.677. The fourth-order valence-electron chi connectivity index (χ4n) is 2.80. The summed E-state index contributed by atoms with van der Waals surface area (Å²) in [6, 6.07) is 6.79. The Hall–Kier alpha value is -2.03. The third-order valence-corrected chi connectivity index (χ3v) is 5.39. The number of aliphatic hydroxyl groups excluding tert-OH is 2. The van der Waals surface area contributed by atoms with Gasteiger partial charge in [-0.25, -0.2) is 4.79 Å². The van der Waals surface area contributed by atoms with E-state index in [1.807, 2.05) is 0 Å². The molecule has 3 atom stereocenters. The number of benzene rings is 1. The van der Waals surface area contributed by atoms with E-state index >= 15 is 0 Å². The van der Waals surface area contributed by atoms with Crippen LogP contribution >= 0.6 is 11.8 Å². The Morgan fingerprint density at radius 1 is 1.38 bits per heavy atom. The average molecular weight is 351 g/mol. The average Bonchev–Trinajstić information content (AvgIpc) is 2.87. The number of carboxylic acids is 1. The lowest BCUT2D eigenvalue weighted by Gasteiger charge is -2.43. The topological polar surface area (TPSA) is 107 Å². The van der Waals surface area contributed by atoms with Crippen molar-refractivity contribution in [1.82, 2.24) is 4.90 Å². The number of rotatable bonds is 6. The normalized spacial score (nSPS) is 23.8. The molecule has 7 nitrogen and oxygen atoms in total. The number of β-lactam (4-membered cyclic amide) rings is 1. The summed E-state index contributed by atoms with van der Waals surface area (Å²) in [6.07, 6.45) is -0.826. The second kappa shape index (κ2) is 6.46. The van der Waals surface area contributed by atoms with Crippen LogP contribution in [0.3, 0.4) is 0 Å². The monoisotopic (exact) mass is 351 g/mol. The Morgan fingerprint density at radius 3 is 2.58 bits per heavy atom. The lowest BCUT2D eigenvalue weighted by molar-refractivity contribution is -0.156. The molecule has 2 aliphatic heterocycles. The summed E-state index contributed by atoms with van der Waals surface area (Å²) in [5, 5.41) is 27.7. The zero-order chi connectivity index (χ0) is 17.4. The molecule has 3 N–H and O–H groups in total. The van der Waals surface area contributed by atoms with Crippen molar-refractivity contribution in [2.75, 3.05) is 6.61 Å². The molecule has 1 fully saturated rings. The number of aliphatic carboxylic acids is 1. The SMILES string of the molecule is C[C@@H](O)[C@H]1C(=O)N2C(C(=O)O)=C(COc3ccc(CO)cc3)S[C@H]12. The molecule has 2 heterocycles. The van der Waals surface area contributed by atoms with Gasteiger partial charge in [0.25, 0.3) is 0 Å². The van der Waals surface area contributed by atoms with Gasteiger partial charge in [-0.3, -0.25) is 9.69 Å². The molecular weight excluding hydrogens is 334 g/mol. The van der Waals surface area contributed by atoms with E-state index in [0.29, 0.717) is 10.7 Å². The Morgan fingerprint density at radius 2 is 2.04 bits per heavy atom. The number of carbonyl (C=O) groups is 2. The van der Waals surface area contributed by atoms with E-state index in [9.17, 15) is 19.8 Å². The van der Waals surface area contributed by atoms with Crippen molar-refractivity contribution >= 4 is 23.6 Å². The molecule has 24 heavy (non-hydrogen) atoms. The maximum atomic E-state index is 12.1. The largest absolute Gasteiger partial charge is 0.488 e. The van der Waals surface area contributed by atoms with Crippen LogP contribution in [0.15, 0.2) is 34.9 Å². The van der Waals surface area contributed by atoms with Crippen LogP contribution < -0.4 is 4.74 Å². The molecule has 2 aliphatic rings. The first-order valence-electron chi connectivity index (χ1n) is 7.41. The molecule has 0 unspecified atom stereocenters. The second-order valence-corrected chi connectivity index (χ2v) is 6.86. The number of nitrogens with zero attached hydrogens (tertiary/aromatic N) is 1. The fraction of sp³-hybridized carbons (Fsp3) is 0.375.